The Morgan fingerprint density at radius 2 is 2.26 bits per heavy atom. The maximum absolute atomic E-state index is 13.3. The molecule has 0 saturated carbocycles. The van der Waals surface area contributed by atoms with Crippen molar-refractivity contribution in [3.05, 3.63) is 34.1 Å². The van der Waals surface area contributed by atoms with Crippen LogP contribution in [0.25, 0.3) is 0 Å². The molecule has 3 nitrogen and oxygen atoms in total. The number of halogens is 2. The first-order chi connectivity index (χ1) is 8.97. The van der Waals surface area contributed by atoms with Gasteiger partial charge in [-0.3, -0.25) is 4.79 Å². The van der Waals surface area contributed by atoms with Gasteiger partial charge in [0.05, 0.1) is 6.10 Å². The Hall–Kier alpha value is -0.940. The first kappa shape index (κ1) is 14.5. The number of benzene rings is 1. The van der Waals surface area contributed by atoms with Crippen molar-refractivity contribution in [1.29, 1.82) is 0 Å². The lowest BCUT2D eigenvalue weighted by Gasteiger charge is -2.34. The number of carbonyl (C=O) groups excluding carboxylic acids is 1. The van der Waals surface area contributed by atoms with Gasteiger partial charge in [-0.05, 0) is 38.0 Å². The van der Waals surface area contributed by atoms with Crippen molar-refractivity contribution in [2.45, 2.75) is 25.9 Å². The van der Waals surface area contributed by atoms with Crippen LogP contribution in [0.2, 0.25) is 0 Å². The molecule has 19 heavy (non-hydrogen) atoms. The number of carbonyl (C=O) groups is 1. The van der Waals surface area contributed by atoms with E-state index < -0.39 is 11.9 Å². The molecule has 1 N–H and O–H groups in total. The van der Waals surface area contributed by atoms with Gasteiger partial charge in [-0.15, -0.1) is 0 Å². The lowest BCUT2D eigenvalue weighted by Crippen LogP contribution is -2.42. The summed E-state index contributed by atoms with van der Waals surface area (Å²) < 4.78 is 13.9. The van der Waals surface area contributed by atoms with Crippen LogP contribution in [-0.2, 0) is 0 Å². The zero-order valence-electron chi connectivity index (χ0n) is 10.8. The Bertz CT molecular complexity index is 458. The first-order valence-electron chi connectivity index (χ1n) is 6.41. The highest BCUT2D eigenvalue weighted by molar-refractivity contribution is 9.10. The fourth-order valence-electron chi connectivity index (χ4n) is 2.45. The number of aliphatic hydroxyl groups excluding tert-OH is 1. The van der Waals surface area contributed by atoms with Crippen LogP contribution in [0.1, 0.15) is 30.1 Å². The highest BCUT2D eigenvalue weighted by Gasteiger charge is 2.27. The Balaban J connectivity index is 2.14. The van der Waals surface area contributed by atoms with E-state index in [9.17, 15) is 14.3 Å². The zero-order chi connectivity index (χ0) is 14.0. The zero-order valence-corrected chi connectivity index (χ0v) is 12.4. The fourth-order valence-corrected chi connectivity index (χ4v) is 2.91. The minimum atomic E-state index is -0.429. The number of likely N-dealkylation sites (tertiary alicyclic amines) is 1. The minimum absolute atomic E-state index is 0.106. The van der Waals surface area contributed by atoms with E-state index in [1.807, 2.05) is 0 Å². The molecule has 0 spiro atoms. The Morgan fingerprint density at radius 1 is 1.53 bits per heavy atom. The van der Waals surface area contributed by atoms with Crippen LogP contribution in [-0.4, -0.2) is 35.1 Å². The van der Waals surface area contributed by atoms with Crippen LogP contribution in [0.3, 0.4) is 0 Å². The third-order valence-corrected chi connectivity index (χ3v) is 3.99. The monoisotopic (exact) mass is 329 g/mol. The third kappa shape index (κ3) is 3.54. The van der Waals surface area contributed by atoms with E-state index in [1.54, 1.807) is 17.9 Å². The number of aliphatic hydroxyl groups is 1. The lowest BCUT2D eigenvalue weighted by atomic mass is 9.93. The molecule has 0 aromatic heterocycles. The molecular weight excluding hydrogens is 313 g/mol. The number of rotatable bonds is 2. The quantitative estimate of drug-likeness (QED) is 0.906. The molecular formula is C14H17BrFNO2. The maximum atomic E-state index is 13.3. The molecule has 0 bridgehead atoms. The summed E-state index contributed by atoms with van der Waals surface area (Å²) in [7, 11) is 0. The van der Waals surface area contributed by atoms with Crippen LogP contribution in [0, 0.1) is 11.7 Å². The normalized spacial score (nSPS) is 21.3. The number of hydrogen-bond acceptors (Lipinski definition) is 2. The van der Waals surface area contributed by atoms with Crippen molar-refractivity contribution in [2.24, 2.45) is 5.92 Å². The first-order valence-corrected chi connectivity index (χ1v) is 7.20. The maximum Gasteiger partial charge on any atom is 0.254 e. The summed E-state index contributed by atoms with van der Waals surface area (Å²) in [6.07, 6.45) is 1.38. The molecule has 2 atom stereocenters. The summed E-state index contributed by atoms with van der Waals surface area (Å²) in [5.74, 6) is -0.498. The van der Waals surface area contributed by atoms with E-state index in [0.29, 0.717) is 23.1 Å². The summed E-state index contributed by atoms with van der Waals surface area (Å²) in [4.78, 5) is 14.0. The molecule has 1 aliphatic heterocycles. The lowest BCUT2D eigenvalue weighted by molar-refractivity contribution is 0.0465. The van der Waals surface area contributed by atoms with Gasteiger partial charge in [0.2, 0.25) is 0 Å². The van der Waals surface area contributed by atoms with Gasteiger partial charge < -0.3 is 10.0 Å². The van der Waals surface area contributed by atoms with Crippen molar-refractivity contribution < 1.29 is 14.3 Å². The van der Waals surface area contributed by atoms with Crippen LogP contribution >= 0.6 is 15.9 Å². The van der Waals surface area contributed by atoms with Crippen molar-refractivity contribution in [3.8, 4) is 0 Å². The molecule has 1 heterocycles. The van der Waals surface area contributed by atoms with Gasteiger partial charge in [0.1, 0.15) is 5.82 Å². The average molecular weight is 330 g/mol. The molecule has 1 aromatic rings. The Labute approximate surface area is 120 Å². The molecule has 5 heteroatoms. The highest BCUT2D eigenvalue weighted by atomic mass is 79.9. The van der Waals surface area contributed by atoms with E-state index in [0.717, 1.165) is 12.8 Å². The topological polar surface area (TPSA) is 40.5 Å². The molecule has 0 aliphatic carbocycles. The predicted molar refractivity (Wildman–Crippen MR) is 74.4 cm³/mol. The van der Waals surface area contributed by atoms with Gasteiger partial charge >= 0.3 is 0 Å². The van der Waals surface area contributed by atoms with Gasteiger partial charge in [0.15, 0.2) is 0 Å². The van der Waals surface area contributed by atoms with E-state index in [1.165, 1.54) is 12.1 Å². The van der Waals surface area contributed by atoms with E-state index in [-0.39, 0.29) is 11.8 Å². The van der Waals surface area contributed by atoms with Crippen LogP contribution in [0.15, 0.2) is 22.7 Å². The molecule has 104 valence electrons. The van der Waals surface area contributed by atoms with Crippen molar-refractivity contribution >= 4 is 21.8 Å². The van der Waals surface area contributed by atoms with Crippen molar-refractivity contribution in [3.63, 3.8) is 0 Å². The standard InChI is InChI=1S/C14H17BrFNO2/c1-9(18)10-3-2-4-17(8-10)14(19)11-5-12(15)7-13(16)6-11/h5-7,9-10,18H,2-4,8H2,1H3. The molecule has 1 saturated heterocycles. The van der Waals surface area contributed by atoms with Crippen molar-refractivity contribution in [1.82, 2.24) is 4.90 Å². The van der Waals surface area contributed by atoms with Gasteiger partial charge in [0.25, 0.3) is 5.91 Å². The summed E-state index contributed by atoms with van der Waals surface area (Å²) in [5.41, 5.74) is 0.345. The Kier molecular flexibility index (Phi) is 4.58. The number of amides is 1. The van der Waals surface area contributed by atoms with E-state index >= 15 is 0 Å². The van der Waals surface area contributed by atoms with Crippen LogP contribution in [0.5, 0.6) is 0 Å². The molecule has 0 radical (unpaired) electrons. The molecule has 2 unspecified atom stereocenters. The fraction of sp³-hybridized carbons (Fsp3) is 0.500. The number of hydrogen-bond donors (Lipinski definition) is 1. The molecule has 1 aliphatic rings. The Morgan fingerprint density at radius 3 is 2.89 bits per heavy atom. The summed E-state index contributed by atoms with van der Waals surface area (Å²) in [6, 6.07) is 4.20. The van der Waals surface area contributed by atoms with Crippen LogP contribution in [0.4, 0.5) is 4.39 Å². The SMILES string of the molecule is CC(O)C1CCCN(C(=O)c2cc(F)cc(Br)c2)C1. The molecule has 2 rings (SSSR count). The second-order valence-corrected chi connectivity index (χ2v) is 5.97. The van der Waals surface area contributed by atoms with Gasteiger partial charge in [-0.1, -0.05) is 15.9 Å². The smallest absolute Gasteiger partial charge is 0.254 e. The van der Waals surface area contributed by atoms with E-state index in [4.69, 9.17) is 0 Å². The van der Waals surface area contributed by atoms with Gasteiger partial charge in [-0.25, -0.2) is 4.39 Å². The van der Waals surface area contributed by atoms with Crippen LogP contribution < -0.4 is 0 Å². The highest BCUT2D eigenvalue weighted by Crippen LogP contribution is 2.23. The van der Waals surface area contributed by atoms with Gasteiger partial charge in [0, 0.05) is 29.0 Å². The summed E-state index contributed by atoms with van der Waals surface area (Å²) in [6.45, 7) is 2.94. The summed E-state index contributed by atoms with van der Waals surface area (Å²) >= 11 is 3.19. The molecule has 1 fully saturated rings. The largest absolute Gasteiger partial charge is 0.393 e. The second-order valence-electron chi connectivity index (χ2n) is 5.05. The molecule has 1 amide bonds. The number of nitrogens with zero attached hydrogens (tertiary/aromatic N) is 1. The third-order valence-electron chi connectivity index (χ3n) is 3.54. The minimum Gasteiger partial charge on any atom is -0.393 e. The van der Waals surface area contributed by atoms with E-state index in [2.05, 4.69) is 15.9 Å². The second kappa shape index (κ2) is 6.01. The molecule has 1 aromatic carbocycles. The average Bonchev–Trinajstić information content (AvgIpc) is 2.37. The van der Waals surface area contributed by atoms with Gasteiger partial charge in [-0.2, -0.15) is 0 Å². The predicted octanol–water partition coefficient (Wildman–Crippen LogP) is 2.82. The summed E-state index contributed by atoms with van der Waals surface area (Å²) in [5, 5.41) is 9.63. The van der Waals surface area contributed by atoms with Crippen molar-refractivity contribution in [2.75, 3.05) is 13.1 Å². The number of piperidine rings is 1.